The summed E-state index contributed by atoms with van der Waals surface area (Å²) in [4.78, 5) is 4.35. The minimum atomic E-state index is 0.591. The summed E-state index contributed by atoms with van der Waals surface area (Å²) in [7, 11) is 0. The van der Waals surface area contributed by atoms with Crippen LogP contribution < -0.4 is 5.32 Å². The molecule has 0 fully saturated rings. The van der Waals surface area contributed by atoms with E-state index in [9.17, 15) is 5.26 Å². The van der Waals surface area contributed by atoms with Gasteiger partial charge in [-0.15, -0.1) is 0 Å². The highest BCUT2D eigenvalue weighted by Crippen LogP contribution is 2.31. The van der Waals surface area contributed by atoms with Gasteiger partial charge >= 0.3 is 0 Å². The zero-order valence-corrected chi connectivity index (χ0v) is 12.0. The van der Waals surface area contributed by atoms with Crippen molar-refractivity contribution < 1.29 is 0 Å². The highest BCUT2D eigenvalue weighted by Gasteiger charge is 2.10. The Morgan fingerprint density at radius 1 is 1.44 bits per heavy atom. The lowest BCUT2D eigenvalue weighted by molar-refractivity contribution is 0.980. The first-order valence-electron chi connectivity index (χ1n) is 5.90. The minimum Gasteiger partial charge on any atom is -0.383 e. The summed E-state index contributed by atoms with van der Waals surface area (Å²) < 4.78 is 0.960. The van der Waals surface area contributed by atoms with Crippen LogP contribution in [0.4, 0.5) is 5.69 Å². The predicted octanol–water partition coefficient (Wildman–Crippen LogP) is 4.00. The molecule has 92 valence electrons. The number of hydrogen-bond donors (Lipinski definition) is 1. The van der Waals surface area contributed by atoms with Crippen LogP contribution in [-0.4, -0.2) is 11.5 Å². The number of fused-ring (bicyclic) bond motifs is 1. The Balaban J connectivity index is 2.72. The van der Waals surface area contributed by atoms with E-state index in [0.717, 1.165) is 39.6 Å². The second-order valence-electron chi connectivity index (χ2n) is 4.23. The van der Waals surface area contributed by atoms with E-state index in [4.69, 9.17) is 0 Å². The van der Waals surface area contributed by atoms with Gasteiger partial charge in [0.2, 0.25) is 0 Å². The van der Waals surface area contributed by atoms with Gasteiger partial charge in [0.1, 0.15) is 6.07 Å². The average Bonchev–Trinajstić information content (AvgIpc) is 2.35. The van der Waals surface area contributed by atoms with Gasteiger partial charge in [0.05, 0.1) is 16.8 Å². The molecule has 0 bridgehead atoms. The van der Waals surface area contributed by atoms with Crippen LogP contribution in [0.25, 0.3) is 10.9 Å². The first kappa shape index (κ1) is 12.8. The molecule has 1 N–H and O–H groups in total. The molecule has 1 aromatic heterocycles. The smallest absolute Gasteiger partial charge is 0.103 e. The predicted molar refractivity (Wildman–Crippen MR) is 77.7 cm³/mol. The molecule has 18 heavy (non-hydrogen) atoms. The van der Waals surface area contributed by atoms with E-state index in [2.05, 4.69) is 45.3 Å². The number of nitrogens with zero attached hydrogens (tertiary/aromatic N) is 2. The number of halogens is 1. The summed E-state index contributed by atoms with van der Waals surface area (Å²) in [6.45, 7) is 4.98. The largest absolute Gasteiger partial charge is 0.383 e. The third kappa shape index (κ3) is 2.32. The summed E-state index contributed by atoms with van der Waals surface area (Å²) in [5.41, 5.74) is 3.51. The number of anilines is 1. The van der Waals surface area contributed by atoms with Gasteiger partial charge in [0.15, 0.2) is 0 Å². The molecule has 2 rings (SSSR count). The van der Waals surface area contributed by atoms with Crippen molar-refractivity contribution in [2.24, 2.45) is 0 Å². The number of nitrogens with one attached hydrogen (secondary N) is 1. The fraction of sp³-hybridized carbons (Fsp3) is 0.286. The maximum Gasteiger partial charge on any atom is 0.103 e. The first-order valence-corrected chi connectivity index (χ1v) is 6.69. The minimum absolute atomic E-state index is 0.591. The van der Waals surface area contributed by atoms with Crippen LogP contribution in [-0.2, 0) is 0 Å². The third-order valence-corrected chi connectivity index (χ3v) is 3.35. The summed E-state index contributed by atoms with van der Waals surface area (Å²) in [6.07, 6.45) is 2.64. The van der Waals surface area contributed by atoms with Gasteiger partial charge in [-0.25, -0.2) is 0 Å². The second kappa shape index (κ2) is 5.36. The van der Waals surface area contributed by atoms with E-state index in [1.54, 1.807) is 6.20 Å². The van der Waals surface area contributed by atoms with Crippen molar-refractivity contribution in [2.45, 2.75) is 20.3 Å². The molecule has 3 nitrogen and oxygen atoms in total. The van der Waals surface area contributed by atoms with Gasteiger partial charge in [0, 0.05) is 22.6 Å². The summed E-state index contributed by atoms with van der Waals surface area (Å²) in [5.74, 6) is 0. The van der Waals surface area contributed by atoms with E-state index >= 15 is 0 Å². The molecular weight excluding hydrogens is 290 g/mol. The van der Waals surface area contributed by atoms with Crippen molar-refractivity contribution in [3.05, 3.63) is 33.9 Å². The molecular formula is C14H14BrN3. The van der Waals surface area contributed by atoms with E-state index < -0.39 is 0 Å². The van der Waals surface area contributed by atoms with Crippen molar-refractivity contribution in [1.82, 2.24) is 4.98 Å². The van der Waals surface area contributed by atoms with Crippen LogP contribution in [0.5, 0.6) is 0 Å². The highest BCUT2D eigenvalue weighted by molar-refractivity contribution is 9.10. The highest BCUT2D eigenvalue weighted by atomic mass is 79.9. The average molecular weight is 304 g/mol. The molecule has 0 aliphatic heterocycles. The Morgan fingerprint density at radius 2 is 2.22 bits per heavy atom. The fourth-order valence-corrected chi connectivity index (χ4v) is 2.60. The van der Waals surface area contributed by atoms with Crippen molar-refractivity contribution in [3.8, 4) is 6.07 Å². The molecule has 0 saturated heterocycles. The van der Waals surface area contributed by atoms with Gasteiger partial charge in [-0.3, -0.25) is 4.98 Å². The van der Waals surface area contributed by atoms with Gasteiger partial charge in [0.25, 0.3) is 0 Å². The molecule has 1 heterocycles. The molecule has 4 heteroatoms. The van der Waals surface area contributed by atoms with Crippen LogP contribution in [0.1, 0.15) is 24.5 Å². The Kier molecular flexibility index (Phi) is 3.83. The van der Waals surface area contributed by atoms with E-state index in [1.807, 2.05) is 13.0 Å². The number of hydrogen-bond acceptors (Lipinski definition) is 3. The van der Waals surface area contributed by atoms with Crippen LogP contribution in [0.2, 0.25) is 0 Å². The van der Waals surface area contributed by atoms with Crippen LogP contribution >= 0.6 is 15.9 Å². The van der Waals surface area contributed by atoms with Crippen LogP contribution in [0, 0.1) is 18.3 Å². The van der Waals surface area contributed by atoms with Gasteiger partial charge in [-0.05, 0) is 47.0 Å². The van der Waals surface area contributed by atoms with Crippen LogP contribution in [0.3, 0.4) is 0 Å². The number of nitriles is 1. The lowest BCUT2D eigenvalue weighted by Gasteiger charge is -2.12. The summed E-state index contributed by atoms with van der Waals surface area (Å²) >= 11 is 3.52. The van der Waals surface area contributed by atoms with Crippen molar-refractivity contribution in [3.63, 3.8) is 0 Å². The first-order chi connectivity index (χ1) is 8.67. The van der Waals surface area contributed by atoms with Crippen LogP contribution in [0.15, 0.2) is 22.8 Å². The number of aromatic nitrogens is 1. The number of aryl methyl sites for hydroxylation is 1. The molecule has 1 aromatic carbocycles. The molecule has 0 aliphatic carbocycles. The van der Waals surface area contributed by atoms with Crippen molar-refractivity contribution in [2.75, 3.05) is 11.9 Å². The molecule has 0 unspecified atom stereocenters. The monoisotopic (exact) mass is 303 g/mol. The molecule has 2 aromatic rings. The maximum atomic E-state index is 9.17. The molecule has 0 amide bonds. The van der Waals surface area contributed by atoms with Gasteiger partial charge < -0.3 is 5.32 Å². The van der Waals surface area contributed by atoms with Crippen molar-refractivity contribution >= 4 is 32.5 Å². The third-order valence-electron chi connectivity index (χ3n) is 2.74. The lowest BCUT2D eigenvalue weighted by atomic mass is 10.1. The number of pyridine rings is 1. The normalized spacial score (nSPS) is 10.3. The molecule has 0 radical (unpaired) electrons. The Labute approximate surface area is 115 Å². The Bertz CT molecular complexity index is 629. The Hall–Kier alpha value is -1.60. The standard InChI is InChI=1S/C14H14BrN3/c1-3-4-17-13-10(7-16)8-18-14-11(13)5-9(2)6-12(14)15/h5-6,8H,3-4H2,1-2H3,(H,17,18). The zero-order chi connectivity index (χ0) is 13.1. The molecule has 0 aliphatic rings. The Morgan fingerprint density at radius 3 is 2.89 bits per heavy atom. The number of benzene rings is 1. The zero-order valence-electron chi connectivity index (χ0n) is 10.4. The summed E-state index contributed by atoms with van der Waals surface area (Å²) in [5, 5.41) is 13.5. The van der Waals surface area contributed by atoms with Gasteiger partial charge in [-0.2, -0.15) is 5.26 Å². The van der Waals surface area contributed by atoms with Crippen molar-refractivity contribution in [1.29, 1.82) is 5.26 Å². The quantitative estimate of drug-likeness (QED) is 0.932. The van der Waals surface area contributed by atoms with E-state index in [0.29, 0.717) is 5.56 Å². The maximum absolute atomic E-state index is 9.17. The molecule has 0 spiro atoms. The molecule has 0 saturated carbocycles. The SMILES string of the molecule is CCCNc1c(C#N)cnc2c(Br)cc(C)cc12. The summed E-state index contributed by atoms with van der Waals surface area (Å²) in [6, 6.07) is 6.29. The molecule has 0 atom stereocenters. The second-order valence-corrected chi connectivity index (χ2v) is 5.08. The fourth-order valence-electron chi connectivity index (χ4n) is 1.92. The lowest BCUT2D eigenvalue weighted by Crippen LogP contribution is -2.03. The topological polar surface area (TPSA) is 48.7 Å². The number of rotatable bonds is 3. The van der Waals surface area contributed by atoms with E-state index in [-0.39, 0.29) is 0 Å². The van der Waals surface area contributed by atoms with Gasteiger partial charge in [-0.1, -0.05) is 6.92 Å². The van der Waals surface area contributed by atoms with E-state index in [1.165, 1.54) is 0 Å².